The highest BCUT2D eigenvalue weighted by molar-refractivity contribution is 5.72. The highest BCUT2D eigenvalue weighted by Gasteiger charge is 2.20. The van der Waals surface area contributed by atoms with E-state index >= 15 is 0 Å². The van der Waals surface area contributed by atoms with Gasteiger partial charge in [-0.1, -0.05) is 0 Å². The number of aromatic hydroxyl groups is 1. The van der Waals surface area contributed by atoms with Crippen LogP contribution in [0.2, 0.25) is 0 Å². The smallest absolute Gasteiger partial charge is 0.311 e. The lowest BCUT2D eigenvalue weighted by Crippen LogP contribution is -2.08. The molecule has 0 fully saturated rings. The maximum Gasteiger partial charge on any atom is 0.311 e. The summed E-state index contributed by atoms with van der Waals surface area (Å²) in [5.41, 5.74) is -1.43. The standard InChI is InChI=1S/C10H8F2N2O3/c1-17-8(16)3-6-7(15)2-5(4-13)9(14-6)10(11)12/h2,10,15H,3H2,1H3. The molecule has 17 heavy (non-hydrogen) atoms. The normalized spacial score (nSPS) is 10.1. The summed E-state index contributed by atoms with van der Waals surface area (Å²) in [7, 11) is 1.12. The maximum atomic E-state index is 12.5. The highest BCUT2D eigenvalue weighted by atomic mass is 19.3. The molecular formula is C10H8F2N2O3. The van der Waals surface area contributed by atoms with Crippen LogP contribution in [0.1, 0.15) is 23.4 Å². The van der Waals surface area contributed by atoms with Gasteiger partial charge in [-0.2, -0.15) is 5.26 Å². The Hall–Kier alpha value is -2.23. The number of pyridine rings is 1. The molecule has 0 aliphatic carbocycles. The molecule has 1 aromatic rings. The van der Waals surface area contributed by atoms with Crippen LogP contribution in [0.25, 0.3) is 0 Å². The number of ether oxygens (including phenoxy) is 1. The van der Waals surface area contributed by atoms with E-state index < -0.39 is 35.8 Å². The van der Waals surface area contributed by atoms with E-state index in [9.17, 15) is 18.7 Å². The molecule has 0 aliphatic heterocycles. The maximum absolute atomic E-state index is 12.5. The summed E-state index contributed by atoms with van der Waals surface area (Å²) in [6, 6.07) is 2.35. The zero-order valence-electron chi connectivity index (χ0n) is 8.78. The third kappa shape index (κ3) is 2.87. The van der Waals surface area contributed by atoms with Crippen LogP contribution >= 0.6 is 0 Å². The van der Waals surface area contributed by atoms with E-state index in [-0.39, 0.29) is 5.69 Å². The minimum absolute atomic E-state index is 0.244. The molecule has 1 rings (SSSR count). The van der Waals surface area contributed by atoms with Crippen molar-refractivity contribution in [2.45, 2.75) is 12.8 Å². The number of carbonyl (C=O) groups excluding carboxylic acids is 1. The molecule has 1 aromatic heterocycles. The van der Waals surface area contributed by atoms with Gasteiger partial charge in [-0.15, -0.1) is 0 Å². The van der Waals surface area contributed by atoms with Crippen LogP contribution in [0, 0.1) is 11.3 Å². The van der Waals surface area contributed by atoms with Crippen molar-refractivity contribution < 1.29 is 23.4 Å². The lowest BCUT2D eigenvalue weighted by Gasteiger charge is -2.07. The molecular weight excluding hydrogens is 234 g/mol. The topological polar surface area (TPSA) is 83.2 Å². The third-order valence-corrected chi connectivity index (χ3v) is 1.97. The van der Waals surface area contributed by atoms with E-state index in [0.717, 1.165) is 13.2 Å². The van der Waals surface area contributed by atoms with Gasteiger partial charge in [0.2, 0.25) is 0 Å². The van der Waals surface area contributed by atoms with E-state index in [2.05, 4.69) is 9.72 Å². The van der Waals surface area contributed by atoms with E-state index in [4.69, 9.17) is 5.26 Å². The van der Waals surface area contributed by atoms with Gasteiger partial charge in [0.15, 0.2) is 0 Å². The Kier molecular flexibility index (Phi) is 3.93. The Balaban J connectivity index is 3.21. The SMILES string of the molecule is COC(=O)Cc1nc(C(F)F)c(C#N)cc1O. The Labute approximate surface area is 95.3 Å². The van der Waals surface area contributed by atoms with Crippen LogP contribution in [0.5, 0.6) is 5.75 Å². The van der Waals surface area contributed by atoms with Crippen LogP contribution < -0.4 is 0 Å². The second-order valence-electron chi connectivity index (χ2n) is 3.05. The largest absolute Gasteiger partial charge is 0.506 e. The molecule has 0 radical (unpaired) electrons. The quantitative estimate of drug-likeness (QED) is 0.808. The van der Waals surface area contributed by atoms with Crippen molar-refractivity contribution in [2.75, 3.05) is 7.11 Å². The number of nitrogens with zero attached hydrogens (tertiary/aromatic N) is 2. The number of rotatable bonds is 3. The molecule has 7 heteroatoms. The number of nitriles is 1. The fourth-order valence-electron chi connectivity index (χ4n) is 1.15. The van der Waals surface area contributed by atoms with Gasteiger partial charge < -0.3 is 9.84 Å². The fourth-order valence-corrected chi connectivity index (χ4v) is 1.15. The Morgan fingerprint density at radius 2 is 2.35 bits per heavy atom. The average Bonchev–Trinajstić information content (AvgIpc) is 2.30. The summed E-state index contributed by atoms with van der Waals surface area (Å²) in [5, 5.41) is 18.0. The molecule has 0 atom stereocenters. The van der Waals surface area contributed by atoms with Gasteiger partial charge in [-0.3, -0.25) is 4.79 Å². The van der Waals surface area contributed by atoms with E-state index in [1.807, 2.05) is 0 Å². The van der Waals surface area contributed by atoms with Crippen molar-refractivity contribution in [3.05, 3.63) is 23.0 Å². The second-order valence-corrected chi connectivity index (χ2v) is 3.05. The average molecular weight is 242 g/mol. The lowest BCUT2D eigenvalue weighted by atomic mass is 10.1. The summed E-state index contributed by atoms with van der Waals surface area (Å²) in [6.07, 6.45) is -3.39. The molecule has 5 nitrogen and oxygen atoms in total. The summed E-state index contributed by atoms with van der Waals surface area (Å²) >= 11 is 0. The van der Waals surface area contributed by atoms with Crippen LogP contribution in [-0.2, 0) is 16.0 Å². The molecule has 0 bridgehead atoms. The molecule has 0 saturated heterocycles. The van der Waals surface area contributed by atoms with Crippen LogP contribution in [0.3, 0.4) is 0 Å². The number of aromatic nitrogens is 1. The predicted octanol–water partition coefficient (Wildman–Crippen LogP) is 1.31. The summed E-state index contributed by atoms with van der Waals surface area (Å²) in [5.74, 6) is -1.21. The van der Waals surface area contributed by atoms with Crippen LogP contribution in [0.15, 0.2) is 6.07 Å². The number of halogens is 2. The Morgan fingerprint density at radius 3 is 2.82 bits per heavy atom. The number of hydrogen-bond acceptors (Lipinski definition) is 5. The zero-order chi connectivity index (χ0) is 13.0. The lowest BCUT2D eigenvalue weighted by molar-refractivity contribution is -0.139. The van der Waals surface area contributed by atoms with Crippen molar-refractivity contribution in [3.8, 4) is 11.8 Å². The number of carbonyl (C=O) groups is 1. The van der Waals surface area contributed by atoms with Gasteiger partial charge in [0.1, 0.15) is 17.5 Å². The van der Waals surface area contributed by atoms with Gasteiger partial charge in [-0.05, 0) is 0 Å². The van der Waals surface area contributed by atoms with Gasteiger partial charge in [0, 0.05) is 6.07 Å². The van der Waals surface area contributed by atoms with Crippen molar-refractivity contribution in [1.82, 2.24) is 4.98 Å². The van der Waals surface area contributed by atoms with E-state index in [0.29, 0.717) is 0 Å². The number of methoxy groups -OCH3 is 1. The molecule has 0 spiro atoms. The Bertz CT molecular complexity index is 483. The van der Waals surface area contributed by atoms with Crippen molar-refractivity contribution in [3.63, 3.8) is 0 Å². The molecule has 90 valence electrons. The van der Waals surface area contributed by atoms with Crippen molar-refractivity contribution >= 4 is 5.97 Å². The minimum Gasteiger partial charge on any atom is -0.506 e. The minimum atomic E-state index is -2.96. The molecule has 0 aromatic carbocycles. The zero-order valence-corrected chi connectivity index (χ0v) is 8.78. The monoisotopic (exact) mass is 242 g/mol. The summed E-state index contributed by atoms with van der Waals surface area (Å²) in [4.78, 5) is 14.4. The number of alkyl halides is 2. The van der Waals surface area contributed by atoms with Gasteiger partial charge in [0.25, 0.3) is 6.43 Å². The molecule has 1 N–H and O–H groups in total. The number of hydrogen-bond donors (Lipinski definition) is 1. The molecule has 0 saturated carbocycles. The first-order valence-corrected chi connectivity index (χ1v) is 4.47. The number of esters is 1. The van der Waals surface area contributed by atoms with Gasteiger partial charge in [0.05, 0.1) is 24.8 Å². The summed E-state index contributed by atoms with van der Waals surface area (Å²) < 4.78 is 29.4. The molecule has 0 unspecified atom stereocenters. The van der Waals surface area contributed by atoms with Crippen LogP contribution in [-0.4, -0.2) is 23.2 Å². The van der Waals surface area contributed by atoms with Crippen LogP contribution in [0.4, 0.5) is 8.78 Å². The highest BCUT2D eigenvalue weighted by Crippen LogP contribution is 2.26. The summed E-state index contributed by atoms with van der Waals surface area (Å²) in [6.45, 7) is 0. The first-order chi connectivity index (χ1) is 7.99. The van der Waals surface area contributed by atoms with E-state index in [1.165, 1.54) is 6.07 Å². The molecule has 1 heterocycles. The molecule has 0 amide bonds. The first-order valence-electron chi connectivity index (χ1n) is 4.47. The third-order valence-electron chi connectivity index (χ3n) is 1.97. The van der Waals surface area contributed by atoms with E-state index in [1.54, 1.807) is 0 Å². The first kappa shape index (κ1) is 12.8. The molecule has 0 aliphatic rings. The van der Waals surface area contributed by atoms with Gasteiger partial charge >= 0.3 is 5.97 Å². The fraction of sp³-hybridized carbons (Fsp3) is 0.300. The Morgan fingerprint density at radius 1 is 1.71 bits per heavy atom. The van der Waals surface area contributed by atoms with Crippen molar-refractivity contribution in [1.29, 1.82) is 5.26 Å². The second kappa shape index (κ2) is 5.21. The predicted molar refractivity (Wildman–Crippen MR) is 51.3 cm³/mol. The van der Waals surface area contributed by atoms with Gasteiger partial charge in [-0.25, -0.2) is 13.8 Å². The van der Waals surface area contributed by atoms with Crippen molar-refractivity contribution in [2.24, 2.45) is 0 Å².